The van der Waals surface area contributed by atoms with Crippen LogP contribution in [0.25, 0.3) is 22.6 Å². The van der Waals surface area contributed by atoms with Crippen LogP contribution in [0, 0.1) is 11.3 Å². The minimum Gasteiger partial charge on any atom is -0.506 e. The van der Waals surface area contributed by atoms with Crippen molar-refractivity contribution >= 4 is 34.3 Å². The number of aliphatic hydroxyl groups is 1. The summed E-state index contributed by atoms with van der Waals surface area (Å²) >= 11 is 7.40. The number of aromatic nitrogens is 1. The van der Waals surface area contributed by atoms with E-state index in [-0.39, 0.29) is 11.3 Å². The summed E-state index contributed by atoms with van der Waals surface area (Å²) in [7, 11) is 0. The molecule has 0 bridgehead atoms. The summed E-state index contributed by atoms with van der Waals surface area (Å²) in [5, 5.41) is 25.8. The van der Waals surface area contributed by atoms with Crippen LogP contribution in [0.3, 0.4) is 0 Å². The molecule has 1 aliphatic heterocycles. The topological polar surface area (TPSA) is 68.9 Å². The number of hydrogen-bond donors (Lipinski definition) is 2. The van der Waals surface area contributed by atoms with Gasteiger partial charge < -0.3 is 10.4 Å². The third-order valence-corrected chi connectivity index (χ3v) is 5.41. The molecule has 0 radical (unpaired) electrons. The molecule has 0 unspecified atom stereocenters. The summed E-state index contributed by atoms with van der Waals surface area (Å²) in [5.41, 5.74) is 2.27. The summed E-state index contributed by atoms with van der Waals surface area (Å²) in [6, 6.07) is 18.6. The Labute approximate surface area is 173 Å². The second-order valence-corrected chi connectivity index (χ2v) is 7.44. The number of thiazole rings is 1. The summed E-state index contributed by atoms with van der Waals surface area (Å²) in [6.07, 6.45) is 2.78. The van der Waals surface area contributed by atoms with Gasteiger partial charge in [-0.15, -0.1) is 11.3 Å². The van der Waals surface area contributed by atoms with Crippen LogP contribution in [-0.4, -0.2) is 23.2 Å². The Balaban J connectivity index is 0.000000391. The minimum absolute atomic E-state index is 0.116. The summed E-state index contributed by atoms with van der Waals surface area (Å²) in [6.45, 7) is 2.50. The molecule has 142 valence electrons. The molecule has 4 nitrogen and oxygen atoms in total. The number of nitrogens with zero attached hydrogens (tertiary/aromatic N) is 2. The molecular formula is C22H20ClN3OS. The van der Waals surface area contributed by atoms with Gasteiger partial charge >= 0.3 is 0 Å². The van der Waals surface area contributed by atoms with Gasteiger partial charge in [-0.2, -0.15) is 5.26 Å². The van der Waals surface area contributed by atoms with E-state index in [1.54, 1.807) is 24.3 Å². The average Bonchev–Trinajstić information content (AvgIpc) is 3.45. The van der Waals surface area contributed by atoms with E-state index >= 15 is 0 Å². The quantitative estimate of drug-likeness (QED) is 0.424. The minimum atomic E-state index is -0.160. The van der Waals surface area contributed by atoms with Gasteiger partial charge in [0.15, 0.2) is 0 Å². The standard InChI is InChI=1S/C18H11ClN2OS.C4H9N/c19-15-9-5-4-8-13(15)17(22)14(10-20)18-21-16(11-23-18)12-6-2-1-3-7-12;1-2-4-5-3-1/h1-9,11,22H;5H,1-4H2. The zero-order valence-electron chi connectivity index (χ0n) is 15.2. The lowest BCUT2D eigenvalue weighted by Gasteiger charge is -2.04. The highest BCUT2D eigenvalue weighted by Crippen LogP contribution is 2.32. The molecule has 28 heavy (non-hydrogen) atoms. The lowest BCUT2D eigenvalue weighted by molar-refractivity contribution is 0.514. The number of halogens is 1. The van der Waals surface area contributed by atoms with Crippen LogP contribution in [0.1, 0.15) is 23.4 Å². The molecule has 2 aromatic carbocycles. The number of nitrogens with one attached hydrogen (secondary N) is 1. The molecule has 1 aliphatic rings. The zero-order valence-corrected chi connectivity index (χ0v) is 16.8. The smallest absolute Gasteiger partial charge is 0.145 e. The van der Waals surface area contributed by atoms with Gasteiger partial charge in [-0.25, -0.2) is 4.98 Å². The summed E-state index contributed by atoms with van der Waals surface area (Å²) in [5.74, 6) is -0.160. The van der Waals surface area contributed by atoms with Crippen molar-refractivity contribution in [3.8, 4) is 17.3 Å². The predicted octanol–water partition coefficient (Wildman–Crippen LogP) is 5.78. The van der Waals surface area contributed by atoms with E-state index in [1.807, 2.05) is 41.8 Å². The van der Waals surface area contributed by atoms with Crippen LogP contribution in [-0.2, 0) is 0 Å². The number of aliphatic hydroxyl groups excluding tert-OH is 1. The SMILES string of the molecule is C1CCNC1.N#CC(=C(O)c1ccccc1Cl)c1nc(-c2ccccc2)cs1. The average molecular weight is 410 g/mol. The Morgan fingerprint density at radius 3 is 2.36 bits per heavy atom. The van der Waals surface area contributed by atoms with E-state index < -0.39 is 0 Å². The zero-order chi connectivity index (χ0) is 19.8. The van der Waals surface area contributed by atoms with Gasteiger partial charge in [0.2, 0.25) is 0 Å². The predicted molar refractivity (Wildman–Crippen MR) is 116 cm³/mol. The second kappa shape index (κ2) is 10.0. The van der Waals surface area contributed by atoms with E-state index in [9.17, 15) is 10.4 Å². The third-order valence-electron chi connectivity index (χ3n) is 4.22. The number of allylic oxidation sites excluding steroid dienone is 1. The maximum atomic E-state index is 10.4. The first kappa shape index (κ1) is 20.1. The van der Waals surface area contributed by atoms with Crippen molar-refractivity contribution in [1.29, 1.82) is 5.26 Å². The van der Waals surface area contributed by atoms with Crippen molar-refractivity contribution in [3.05, 3.63) is 75.6 Å². The Hall–Kier alpha value is -2.65. The van der Waals surface area contributed by atoms with E-state index in [1.165, 1.54) is 37.3 Å². The summed E-state index contributed by atoms with van der Waals surface area (Å²) in [4.78, 5) is 4.46. The van der Waals surface area contributed by atoms with E-state index in [4.69, 9.17) is 11.6 Å². The highest BCUT2D eigenvalue weighted by Gasteiger charge is 2.16. The highest BCUT2D eigenvalue weighted by molar-refractivity contribution is 7.11. The molecule has 2 N–H and O–H groups in total. The molecule has 0 spiro atoms. The Kier molecular flexibility index (Phi) is 7.21. The van der Waals surface area contributed by atoms with Gasteiger partial charge in [-0.05, 0) is 38.1 Å². The maximum Gasteiger partial charge on any atom is 0.145 e. The molecule has 1 aromatic heterocycles. The molecule has 0 atom stereocenters. The van der Waals surface area contributed by atoms with Crippen LogP contribution >= 0.6 is 22.9 Å². The lowest BCUT2D eigenvalue weighted by Crippen LogP contribution is -2.03. The van der Waals surface area contributed by atoms with E-state index in [2.05, 4.69) is 10.3 Å². The van der Waals surface area contributed by atoms with Crippen molar-refractivity contribution < 1.29 is 5.11 Å². The number of hydrogen-bond acceptors (Lipinski definition) is 5. The second-order valence-electron chi connectivity index (χ2n) is 6.18. The third kappa shape index (κ3) is 4.99. The van der Waals surface area contributed by atoms with E-state index in [0.717, 1.165) is 11.3 Å². The van der Waals surface area contributed by atoms with Crippen LogP contribution in [0.4, 0.5) is 0 Å². The van der Waals surface area contributed by atoms with Crippen LogP contribution in [0.5, 0.6) is 0 Å². The van der Waals surface area contributed by atoms with Crippen molar-refractivity contribution in [2.24, 2.45) is 0 Å². The fourth-order valence-corrected chi connectivity index (χ4v) is 3.79. The van der Waals surface area contributed by atoms with Crippen molar-refractivity contribution in [2.75, 3.05) is 13.1 Å². The molecule has 4 rings (SSSR count). The van der Waals surface area contributed by atoms with Crippen LogP contribution in [0.2, 0.25) is 5.02 Å². The fourth-order valence-electron chi connectivity index (χ4n) is 2.75. The fraction of sp³-hybridized carbons (Fsp3) is 0.182. The molecule has 6 heteroatoms. The molecule has 1 fully saturated rings. The maximum absolute atomic E-state index is 10.4. The number of benzene rings is 2. The first-order chi connectivity index (χ1) is 13.7. The van der Waals surface area contributed by atoms with Crippen LogP contribution < -0.4 is 5.32 Å². The van der Waals surface area contributed by atoms with Gasteiger partial charge in [-0.1, -0.05) is 54.1 Å². The van der Waals surface area contributed by atoms with Crippen molar-refractivity contribution in [2.45, 2.75) is 12.8 Å². The molecule has 0 amide bonds. The molecule has 3 aromatic rings. The molecule has 2 heterocycles. The number of rotatable bonds is 3. The van der Waals surface area contributed by atoms with Gasteiger partial charge in [0.25, 0.3) is 0 Å². The normalized spacial score (nSPS) is 13.9. The van der Waals surface area contributed by atoms with E-state index in [0.29, 0.717) is 15.6 Å². The Morgan fingerprint density at radius 2 is 1.75 bits per heavy atom. The van der Waals surface area contributed by atoms with Crippen LogP contribution in [0.15, 0.2) is 60.0 Å². The molecular weight excluding hydrogens is 390 g/mol. The van der Waals surface area contributed by atoms with Crippen molar-refractivity contribution in [3.63, 3.8) is 0 Å². The lowest BCUT2D eigenvalue weighted by atomic mass is 10.1. The molecule has 0 saturated carbocycles. The van der Waals surface area contributed by atoms with Crippen molar-refractivity contribution in [1.82, 2.24) is 10.3 Å². The number of nitriles is 1. The first-order valence-corrected chi connectivity index (χ1v) is 10.3. The monoisotopic (exact) mass is 409 g/mol. The highest BCUT2D eigenvalue weighted by atomic mass is 35.5. The Morgan fingerprint density at radius 1 is 1.07 bits per heavy atom. The van der Waals surface area contributed by atoms with Gasteiger partial charge in [0.05, 0.1) is 10.7 Å². The van der Waals surface area contributed by atoms with Gasteiger partial charge in [0.1, 0.15) is 22.4 Å². The first-order valence-electron chi connectivity index (χ1n) is 9.01. The Bertz CT molecular complexity index is 981. The largest absolute Gasteiger partial charge is 0.506 e. The van der Waals surface area contributed by atoms with Gasteiger partial charge in [0, 0.05) is 16.5 Å². The molecule has 0 aliphatic carbocycles. The molecule has 1 saturated heterocycles. The summed E-state index contributed by atoms with van der Waals surface area (Å²) < 4.78 is 0. The van der Waals surface area contributed by atoms with Gasteiger partial charge in [-0.3, -0.25) is 0 Å².